The summed E-state index contributed by atoms with van der Waals surface area (Å²) in [5.41, 5.74) is 7.43. The topological polar surface area (TPSA) is 50.2 Å². The van der Waals surface area contributed by atoms with Gasteiger partial charge in [-0.1, -0.05) is 67.5 Å². The van der Waals surface area contributed by atoms with Crippen LogP contribution >= 0.6 is 0 Å². The van der Waals surface area contributed by atoms with Gasteiger partial charge in [0.2, 0.25) is 0 Å². The summed E-state index contributed by atoms with van der Waals surface area (Å²) in [6, 6.07) is 16.2. The number of hydrogen-bond acceptors (Lipinski definition) is 3. The van der Waals surface area contributed by atoms with Crippen LogP contribution in [0.4, 0.5) is 0 Å². The first kappa shape index (κ1) is 29.7. The summed E-state index contributed by atoms with van der Waals surface area (Å²) < 4.78 is 0. The summed E-state index contributed by atoms with van der Waals surface area (Å²) in [5, 5.41) is 10.8. The van der Waals surface area contributed by atoms with Gasteiger partial charge in [-0.3, -0.25) is 9.78 Å². The van der Waals surface area contributed by atoms with Crippen molar-refractivity contribution in [2.45, 2.75) is 69.2 Å². The smallest absolute Gasteiger partial charge is 0.164 e. The third-order valence-electron chi connectivity index (χ3n) is 5.62. The Hall–Kier alpha value is -2.29. The molecular formula is C30H38IrNO2-. The van der Waals surface area contributed by atoms with Crippen molar-refractivity contribution < 1.29 is 30.0 Å². The van der Waals surface area contributed by atoms with Crippen LogP contribution in [0.1, 0.15) is 63.8 Å². The molecule has 3 aromatic rings. The number of aromatic nitrogens is 1. The fourth-order valence-electron chi connectivity index (χ4n) is 3.12. The third-order valence-corrected chi connectivity index (χ3v) is 5.62. The summed E-state index contributed by atoms with van der Waals surface area (Å²) in [5.74, 6) is 0.104. The van der Waals surface area contributed by atoms with Gasteiger partial charge in [-0.05, 0) is 48.2 Å². The Labute approximate surface area is 219 Å². The minimum absolute atomic E-state index is 0. The minimum atomic E-state index is -0.417. The van der Waals surface area contributed by atoms with E-state index in [1.807, 2.05) is 47.6 Å². The second-order valence-corrected chi connectivity index (χ2v) is 11.0. The van der Waals surface area contributed by atoms with E-state index in [2.05, 4.69) is 64.1 Å². The number of pyridine rings is 1. The average molecular weight is 637 g/mol. The van der Waals surface area contributed by atoms with Crippen molar-refractivity contribution in [1.82, 2.24) is 4.98 Å². The van der Waals surface area contributed by atoms with Crippen LogP contribution < -0.4 is 0 Å². The Morgan fingerprint density at radius 1 is 0.882 bits per heavy atom. The van der Waals surface area contributed by atoms with Crippen molar-refractivity contribution in [3.8, 4) is 11.3 Å². The predicted molar refractivity (Wildman–Crippen MR) is 140 cm³/mol. The van der Waals surface area contributed by atoms with Crippen LogP contribution in [-0.4, -0.2) is 15.9 Å². The number of benzene rings is 2. The quantitative estimate of drug-likeness (QED) is 0.176. The van der Waals surface area contributed by atoms with Crippen molar-refractivity contribution in [3.05, 3.63) is 76.6 Å². The van der Waals surface area contributed by atoms with E-state index in [1.165, 1.54) is 33.7 Å². The number of rotatable bonds is 2. The van der Waals surface area contributed by atoms with E-state index in [1.54, 1.807) is 0 Å². The molecule has 1 N–H and O–H groups in total. The molecule has 0 unspecified atom stereocenters. The molecule has 0 saturated carbocycles. The van der Waals surface area contributed by atoms with Gasteiger partial charge in [0.1, 0.15) is 5.76 Å². The van der Waals surface area contributed by atoms with Crippen LogP contribution in [-0.2, 0) is 24.9 Å². The zero-order chi connectivity index (χ0) is 25.1. The van der Waals surface area contributed by atoms with Gasteiger partial charge in [-0.25, -0.2) is 0 Å². The average Bonchev–Trinajstić information content (AvgIpc) is 2.67. The first-order valence-corrected chi connectivity index (χ1v) is 11.4. The Morgan fingerprint density at radius 2 is 1.47 bits per heavy atom. The summed E-state index contributed by atoms with van der Waals surface area (Å²) in [7, 11) is 0. The molecule has 0 fully saturated rings. The van der Waals surface area contributed by atoms with Crippen molar-refractivity contribution in [2.24, 2.45) is 10.8 Å². The molecule has 34 heavy (non-hydrogen) atoms. The Morgan fingerprint density at radius 3 is 2.00 bits per heavy atom. The number of hydrogen-bond donors (Lipinski definition) is 1. The van der Waals surface area contributed by atoms with E-state index in [9.17, 15) is 9.90 Å². The number of aliphatic hydroxyl groups excluding tert-OH is 1. The van der Waals surface area contributed by atoms with Gasteiger partial charge in [0.25, 0.3) is 0 Å². The molecule has 0 bridgehead atoms. The monoisotopic (exact) mass is 637 g/mol. The number of nitrogens with zero attached hydrogens (tertiary/aromatic N) is 1. The second-order valence-electron chi connectivity index (χ2n) is 11.0. The summed E-state index contributed by atoms with van der Waals surface area (Å²) in [6.07, 6.45) is 1.33. The molecule has 0 aliphatic rings. The molecule has 3 nitrogen and oxygen atoms in total. The van der Waals surface area contributed by atoms with Gasteiger partial charge in [-0.2, -0.15) is 0 Å². The number of aryl methyl sites for hydroxylation is 4. The van der Waals surface area contributed by atoms with Gasteiger partial charge < -0.3 is 5.11 Å². The van der Waals surface area contributed by atoms with E-state index < -0.39 is 5.41 Å². The van der Waals surface area contributed by atoms with Crippen LogP contribution in [0.5, 0.6) is 0 Å². The van der Waals surface area contributed by atoms with Gasteiger partial charge in [-0.15, -0.1) is 34.9 Å². The molecule has 0 aliphatic heterocycles. The van der Waals surface area contributed by atoms with Crippen LogP contribution in [0, 0.1) is 44.6 Å². The van der Waals surface area contributed by atoms with Crippen LogP contribution in [0.2, 0.25) is 0 Å². The van der Waals surface area contributed by atoms with E-state index >= 15 is 0 Å². The maximum Gasteiger partial charge on any atom is 0.164 e. The molecule has 1 aromatic heterocycles. The Bertz CT molecular complexity index is 1190. The minimum Gasteiger partial charge on any atom is -0.512 e. The van der Waals surface area contributed by atoms with Crippen LogP contribution in [0.15, 0.2) is 48.2 Å². The van der Waals surface area contributed by atoms with E-state index in [0.717, 1.165) is 16.8 Å². The van der Waals surface area contributed by atoms with Crippen molar-refractivity contribution >= 4 is 16.7 Å². The van der Waals surface area contributed by atoms with Crippen LogP contribution in [0.25, 0.3) is 22.2 Å². The maximum absolute atomic E-state index is 11.5. The molecule has 0 saturated heterocycles. The molecular weight excluding hydrogens is 599 g/mol. The summed E-state index contributed by atoms with van der Waals surface area (Å²) in [4.78, 5) is 16.3. The molecule has 185 valence electrons. The zero-order valence-electron chi connectivity index (χ0n) is 22.2. The predicted octanol–water partition coefficient (Wildman–Crippen LogP) is 8.02. The van der Waals surface area contributed by atoms with Crippen molar-refractivity contribution in [1.29, 1.82) is 0 Å². The third kappa shape index (κ3) is 7.89. The SMILES string of the molecule is CC(C)(C)C(=O)/C=C(\O)C(C)(C)C.Cc1c[c-]c(-c2ccc3cc(C)c(C)cc3n2)c(C)c1.[Ir]. The van der Waals surface area contributed by atoms with Gasteiger partial charge in [0, 0.05) is 37.0 Å². The van der Waals surface area contributed by atoms with Crippen molar-refractivity contribution in [2.75, 3.05) is 0 Å². The number of carbonyl (C=O) groups is 1. The summed E-state index contributed by atoms with van der Waals surface area (Å²) >= 11 is 0. The fourth-order valence-corrected chi connectivity index (χ4v) is 3.12. The molecule has 0 atom stereocenters. The van der Waals surface area contributed by atoms with Crippen molar-refractivity contribution in [3.63, 3.8) is 0 Å². The van der Waals surface area contributed by atoms with Gasteiger partial charge in [0.05, 0.1) is 5.52 Å². The number of carbonyl (C=O) groups excluding carboxylic acids is 1. The zero-order valence-corrected chi connectivity index (χ0v) is 24.6. The van der Waals surface area contributed by atoms with E-state index in [4.69, 9.17) is 4.98 Å². The van der Waals surface area contributed by atoms with Gasteiger partial charge in [0.15, 0.2) is 5.78 Å². The van der Waals surface area contributed by atoms with E-state index in [-0.39, 0.29) is 37.1 Å². The molecule has 0 amide bonds. The second kappa shape index (κ2) is 11.4. The summed E-state index contributed by atoms with van der Waals surface area (Å²) in [6.45, 7) is 19.6. The maximum atomic E-state index is 11.5. The first-order valence-electron chi connectivity index (χ1n) is 11.4. The Kier molecular flexibility index (Phi) is 9.99. The number of fused-ring (bicyclic) bond motifs is 1. The molecule has 0 aliphatic carbocycles. The number of ketones is 1. The van der Waals surface area contributed by atoms with Crippen LogP contribution in [0.3, 0.4) is 0 Å². The first-order chi connectivity index (χ1) is 15.1. The molecule has 1 heterocycles. The molecule has 1 radical (unpaired) electrons. The van der Waals surface area contributed by atoms with Gasteiger partial charge >= 0.3 is 0 Å². The molecule has 2 aromatic carbocycles. The Balaban J connectivity index is 0.000000364. The number of allylic oxidation sites excluding steroid dienone is 2. The van der Waals surface area contributed by atoms with E-state index in [0.29, 0.717) is 0 Å². The molecule has 0 spiro atoms. The normalized spacial score (nSPS) is 12.0. The standard InChI is InChI=1S/C19H18N.C11H20O2.Ir/c1-12-5-7-17(15(4)9-12)18-8-6-16-10-13(2)14(3)11-19(16)20-18;1-10(2,3)8(12)7-9(13)11(4,5)6;/h5-6,8-11H,1-4H3;7,12H,1-6H3;/q-1;;/b;8-7-;. The molecule has 4 heteroatoms. The molecule has 3 rings (SSSR count). The largest absolute Gasteiger partial charge is 0.512 e. The number of aliphatic hydroxyl groups is 1. The fraction of sp³-hybridized carbons (Fsp3) is 0.400.